The second-order valence-electron chi connectivity index (χ2n) is 5.33. The number of aromatic nitrogens is 1. The fraction of sp³-hybridized carbons (Fsp3) is 0.643. The molecule has 1 rings (SSSR count). The van der Waals surface area contributed by atoms with Crippen molar-refractivity contribution in [3.63, 3.8) is 0 Å². The van der Waals surface area contributed by atoms with E-state index in [0.29, 0.717) is 17.9 Å². The third-order valence-corrected chi connectivity index (χ3v) is 3.07. The van der Waals surface area contributed by atoms with Crippen molar-refractivity contribution in [1.82, 2.24) is 10.3 Å². The van der Waals surface area contributed by atoms with Crippen LogP contribution in [0, 0.1) is 11.8 Å². The second kappa shape index (κ2) is 6.60. The van der Waals surface area contributed by atoms with E-state index in [1.54, 1.807) is 12.3 Å². The minimum absolute atomic E-state index is 0.0122. The number of rotatable bonds is 6. The first-order valence-electron chi connectivity index (χ1n) is 6.40. The molecule has 3 heteroatoms. The van der Waals surface area contributed by atoms with Crippen molar-refractivity contribution in [2.45, 2.75) is 40.2 Å². The lowest BCUT2D eigenvalue weighted by molar-refractivity contribution is 0.349. The highest BCUT2D eigenvalue weighted by molar-refractivity contribution is 5.11. The van der Waals surface area contributed by atoms with Crippen molar-refractivity contribution >= 4 is 0 Å². The van der Waals surface area contributed by atoms with Crippen LogP contribution in [-0.4, -0.2) is 17.6 Å². The molecule has 3 nitrogen and oxygen atoms in total. The van der Waals surface area contributed by atoms with Gasteiger partial charge in [-0.2, -0.15) is 0 Å². The number of aromatic amines is 1. The number of hydrogen-bond donors (Lipinski definition) is 2. The summed E-state index contributed by atoms with van der Waals surface area (Å²) in [7, 11) is 0. The second-order valence-corrected chi connectivity index (χ2v) is 5.33. The molecule has 0 saturated carbocycles. The molecule has 0 fully saturated rings. The van der Waals surface area contributed by atoms with Crippen LogP contribution in [0.5, 0.6) is 0 Å². The minimum atomic E-state index is -0.0122. The van der Waals surface area contributed by atoms with Gasteiger partial charge in [0, 0.05) is 18.3 Å². The van der Waals surface area contributed by atoms with Crippen LogP contribution >= 0.6 is 0 Å². The molecule has 0 aliphatic rings. The van der Waals surface area contributed by atoms with Gasteiger partial charge < -0.3 is 10.3 Å². The van der Waals surface area contributed by atoms with E-state index in [9.17, 15) is 4.79 Å². The van der Waals surface area contributed by atoms with E-state index in [4.69, 9.17) is 0 Å². The molecule has 17 heavy (non-hydrogen) atoms. The molecule has 1 unspecified atom stereocenters. The standard InChI is InChI=1S/C14H24N2O/c1-10(2)13(9-16-11(3)4)7-12-5-6-15-14(17)8-12/h5-6,8,10-11,13,16H,7,9H2,1-4H3,(H,15,17). The van der Waals surface area contributed by atoms with Crippen LogP contribution in [0.3, 0.4) is 0 Å². The van der Waals surface area contributed by atoms with Gasteiger partial charge in [0.25, 0.3) is 0 Å². The molecule has 0 aliphatic carbocycles. The highest BCUT2D eigenvalue weighted by Crippen LogP contribution is 2.15. The zero-order valence-electron chi connectivity index (χ0n) is 11.3. The van der Waals surface area contributed by atoms with Crippen LogP contribution < -0.4 is 10.9 Å². The van der Waals surface area contributed by atoms with Crippen LogP contribution in [0.2, 0.25) is 0 Å². The largest absolute Gasteiger partial charge is 0.329 e. The van der Waals surface area contributed by atoms with Gasteiger partial charge in [0.15, 0.2) is 0 Å². The lowest BCUT2D eigenvalue weighted by Gasteiger charge is -2.22. The molecule has 0 amide bonds. The van der Waals surface area contributed by atoms with E-state index in [0.717, 1.165) is 18.5 Å². The van der Waals surface area contributed by atoms with Gasteiger partial charge in [0.2, 0.25) is 5.56 Å². The minimum Gasteiger partial charge on any atom is -0.329 e. The summed E-state index contributed by atoms with van der Waals surface area (Å²) in [6, 6.07) is 4.20. The highest BCUT2D eigenvalue weighted by atomic mass is 16.1. The first-order valence-corrected chi connectivity index (χ1v) is 6.40. The van der Waals surface area contributed by atoms with Crippen molar-refractivity contribution in [3.8, 4) is 0 Å². The molecule has 1 aromatic rings. The number of nitrogens with one attached hydrogen (secondary N) is 2. The quantitative estimate of drug-likeness (QED) is 0.795. The lowest BCUT2D eigenvalue weighted by atomic mass is 9.89. The Labute approximate surface area is 104 Å². The fourth-order valence-electron chi connectivity index (χ4n) is 1.85. The lowest BCUT2D eigenvalue weighted by Crippen LogP contribution is -2.32. The molecule has 96 valence electrons. The average Bonchev–Trinajstić information content (AvgIpc) is 2.23. The molecule has 1 aromatic heterocycles. The summed E-state index contributed by atoms with van der Waals surface area (Å²) in [5.74, 6) is 1.18. The monoisotopic (exact) mass is 236 g/mol. The average molecular weight is 236 g/mol. The first kappa shape index (κ1) is 14.0. The summed E-state index contributed by atoms with van der Waals surface area (Å²) in [6.45, 7) is 9.79. The van der Waals surface area contributed by atoms with Gasteiger partial charge in [-0.05, 0) is 36.4 Å². The predicted molar refractivity (Wildman–Crippen MR) is 72.2 cm³/mol. The SMILES string of the molecule is CC(C)NCC(Cc1cc[nH]c(=O)c1)C(C)C. The fourth-order valence-corrected chi connectivity index (χ4v) is 1.85. The van der Waals surface area contributed by atoms with Gasteiger partial charge in [-0.25, -0.2) is 0 Å². The Morgan fingerprint density at radius 3 is 2.53 bits per heavy atom. The molecule has 0 bridgehead atoms. The molecule has 2 N–H and O–H groups in total. The summed E-state index contributed by atoms with van der Waals surface area (Å²) in [6.07, 6.45) is 2.69. The van der Waals surface area contributed by atoms with Crippen LogP contribution in [0.15, 0.2) is 23.1 Å². The zero-order chi connectivity index (χ0) is 12.8. The Bertz CT molecular complexity index is 382. The van der Waals surface area contributed by atoms with Crippen molar-refractivity contribution < 1.29 is 0 Å². The number of hydrogen-bond acceptors (Lipinski definition) is 2. The third-order valence-electron chi connectivity index (χ3n) is 3.07. The van der Waals surface area contributed by atoms with E-state index in [1.807, 2.05) is 6.07 Å². The van der Waals surface area contributed by atoms with Gasteiger partial charge in [0.1, 0.15) is 0 Å². The maximum Gasteiger partial charge on any atom is 0.248 e. The Morgan fingerprint density at radius 1 is 1.29 bits per heavy atom. The number of H-pyrrole nitrogens is 1. The van der Waals surface area contributed by atoms with Gasteiger partial charge in [-0.15, -0.1) is 0 Å². The van der Waals surface area contributed by atoms with E-state index in [-0.39, 0.29) is 5.56 Å². The molecule has 0 radical (unpaired) electrons. The summed E-state index contributed by atoms with van der Waals surface area (Å²) < 4.78 is 0. The molecule has 0 spiro atoms. The predicted octanol–water partition coefficient (Wildman–Crippen LogP) is 2.19. The van der Waals surface area contributed by atoms with Crippen LogP contribution in [0.1, 0.15) is 33.3 Å². The summed E-state index contributed by atoms with van der Waals surface area (Å²) in [5.41, 5.74) is 1.11. The van der Waals surface area contributed by atoms with E-state index >= 15 is 0 Å². The number of pyridine rings is 1. The van der Waals surface area contributed by atoms with Gasteiger partial charge in [-0.3, -0.25) is 4.79 Å². The van der Waals surface area contributed by atoms with E-state index < -0.39 is 0 Å². The van der Waals surface area contributed by atoms with Crippen LogP contribution in [0.4, 0.5) is 0 Å². The molecule has 0 aliphatic heterocycles. The van der Waals surface area contributed by atoms with Gasteiger partial charge in [-0.1, -0.05) is 27.7 Å². The molecule has 1 atom stereocenters. The maximum absolute atomic E-state index is 11.2. The zero-order valence-corrected chi connectivity index (χ0v) is 11.3. The molecule has 1 heterocycles. The summed E-state index contributed by atoms with van der Waals surface area (Å²) in [4.78, 5) is 13.9. The third kappa shape index (κ3) is 5.18. The Morgan fingerprint density at radius 2 is 2.00 bits per heavy atom. The van der Waals surface area contributed by atoms with Gasteiger partial charge in [0.05, 0.1) is 0 Å². The molecular weight excluding hydrogens is 212 g/mol. The summed E-state index contributed by atoms with van der Waals surface area (Å²) >= 11 is 0. The van der Waals surface area contributed by atoms with Crippen LogP contribution in [0.25, 0.3) is 0 Å². The van der Waals surface area contributed by atoms with Crippen molar-refractivity contribution in [2.24, 2.45) is 11.8 Å². The van der Waals surface area contributed by atoms with Crippen molar-refractivity contribution in [1.29, 1.82) is 0 Å². The van der Waals surface area contributed by atoms with Gasteiger partial charge >= 0.3 is 0 Å². The smallest absolute Gasteiger partial charge is 0.248 e. The van der Waals surface area contributed by atoms with E-state index in [1.165, 1.54) is 0 Å². The molecule has 0 saturated heterocycles. The highest BCUT2D eigenvalue weighted by Gasteiger charge is 2.14. The Balaban J connectivity index is 2.63. The first-order chi connectivity index (χ1) is 7.99. The molecular formula is C14H24N2O. The Hall–Kier alpha value is -1.09. The van der Waals surface area contributed by atoms with E-state index in [2.05, 4.69) is 38.0 Å². The molecule has 0 aromatic carbocycles. The normalized spacial score (nSPS) is 13.3. The van der Waals surface area contributed by atoms with Crippen molar-refractivity contribution in [2.75, 3.05) is 6.54 Å². The van der Waals surface area contributed by atoms with Crippen LogP contribution in [-0.2, 0) is 6.42 Å². The summed E-state index contributed by atoms with van der Waals surface area (Å²) in [5, 5.41) is 3.48. The maximum atomic E-state index is 11.2. The Kier molecular flexibility index (Phi) is 5.42. The topological polar surface area (TPSA) is 44.9 Å². The van der Waals surface area contributed by atoms with Crippen molar-refractivity contribution in [3.05, 3.63) is 34.2 Å².